The second-order valence-corrected chi connectivity index (χ2v) is 5.38. The molecule has 1 N–H and O–H groups in total. The Labute approximate surface area is 156 Å². The summed E-state index contributed by atoms with van der Waals surface area (Å²) < 4.78 is 7.21. The lowest BCUT2D eigenvalue weighted by atomic mass is 10.2. The molecule has 9 nitrogen and oxygen atoms in total. The second-order valence-electron chi connectivity index (χ2n) is 5.38. The van der Waals surface area contributed by atoms with Gasteiger partial charge in [0.05, 0.1) is 30.9 Å². The normalized spacial score (nSPS) is 10.9. The number of hydrogen-bond donors (Lipinski definition) is 1. The lowest BCUT2D eigenvalue weighted by Gasteiger charge is -2.05. The standard InChI is InChI=1S/C18H19N7O2/c1-3-25-8-7-20-16(25)12-22-24-18(26)15-11-19-10-14(23-15)13-5-6-17(21-9-13)27-4-2/h5-12H,3-4H2,1-2H3,(H,24,26)/b22-12+. The smallest absolute Gasteiger partial charge is 0.291 e. The highest BCUT2D eigenvalue weighted by atomic mass is 16.5. The van der Waals surface area contributed by atoms with Crippen LogP contribution in [0.2, 0.25) is 0 Å². The summed E-state index contributed by atoms with van der Waals surface area (Å²) in [5.41, 5.74) is 3.84. The summed E-state index contributed by atoms with van der Waals surface area (Å²) in [7, 11) is 0. The number of nitrogens with zero attached hydrogens (tertiary/aromatic N) is 6. The van der Waals surface area contributed by atoms with Crippen molar-refractivity contribution in [3.8, 4) is 17.1 Å². The van der Waals surface area contributed by atoms with Crippen molar-refractivity contribution in [3.05, 3.63) is 54.6 Å². The number of hydrogen-bond acceptors (Lipinski definition) is 7. The third-order valence-electron chi connectivity index (χ3n) is 3.63. The van der Waals surface area contributed by atoms with Gasteiger partial charge in [-0.15, -0.1) is 0 Å². The first-order valence-electron chi connectivity index (χ1n) is 8.47. The number of ether oxygens (including phenoxy) is 1. The van der Waals surface area contributed by atoms with E-state index in [2.05, 4.69) is 30.5 Å². The molecule has 0 unspecified atom stereocenters. The van der Waals surface area contributed by atoms with Crippen molar-refractivity contribution in [1.82, 2.24) is 29.9 Å². The monoisotopic (exact) mass is 365 g/mol. The second kappa shape index (κ2) is 8.65. The van der Waals surface area contributed by atoms with Gasteiger partial charge in [0.25, 0.3) is 5.91 Å². The molecular weight excluding hydrogens is 346 g/mol. The fourth-order valence-corrected chi connectivity index (χ4v) is 2.30. The first-order valence-corrected chi connectivity index (χ1v) is 8.47. The Bertz CT molecular complexity index is 935. The Hall–Kier alpha value is -3.62. The van der Waals surface area contributed by atoms with E-state index in [9.17, 15) is 4.79 Å². The maximum absolute atomic E-state index is 12.3. The molecular formula is C18H19N7O2. The van der Waals surface area contributed by atoms with Crippen molar-refractivity contribution in [1.29, 1.82) is 0 Å². The summed E-state index contributed by atoms with van der Waals surface area (Å²) >= 11 is 0. The van der Waals surface area contributed by atoms with Crippen molar-refractivity contribution in [2.24, 2.45) is 5.10 Å². The number of nitrogens with one attached hydrogen (secondary N) is 1. The number of carbonyl (C=O) groups excluding carboxylic acids is 1. The van der Waals surface area contributed by atoms with Crippen molar-refractivity contribution >= 4 is 12.1 Å². The van der Waals surface area contributed by atoms with Crippen LogP contribution in [-0.4, -0.2) is 43.2 Å². The average Bonchev–Trinajstić information content (AvgIpc) is 3.16. The molecule has 0 saturated carbocycles. The summed E-state index contributed by atoms with van der Waals surface area (Å²) in [5, 5.41) is 3.93. The van der Waals surface area contributed by atoms with Crippen molar-refractivity contribution in [3.63, 3.8) is 0 Å². The molecule has 3 rings (SSSR count). The Morgan fingerprint density at radius 2 is 2.15 bits per heavy atom. The molecule has 0 fully saturated rings. The van der Waals surface area contributed by atoms with Crippen LogP contribution in [0.5, 0.6) is 5.88 Å². The van der Waals surface area contributed by atoms with Gasteiger partial charge in [-0.1, -0.05) is 0 Å². The molecule has 0 aliphatic carbocycles. The van der Waals surface area contributed by atoms with Gasteiger partial charge in [0.1, 0.15) is 5.69 Å². The van der Waals surface area contributed by atoms with E-state index in [0.717, 1.165) is 12.1 Å². The number of amides is 1. The average molecular weight is 365 g/mol. The predicted octanol–water partition coefficient (Wildman–Crippen LogP) is 1.92. The highest BCUT2D eigenvalue weighted by Crippen LogP contribution is 2.17. The van der Waals surface area contributed by atoms with E-state index in [-0.39, 0.29) is 5.69 Å². The molecule has 0 aliphatic heterocycles. The van der Waals surface area contributed by atoms with Crippen LogP contribution in [0.4, 0.5) is 0 Å². The first kappa shape index (κ1) is 18.2. The SMILES string of the molecule is CCOc1ccc(-c2cncc(C(=O)N/N=C/c3nccn3CC)n2)cn1. The van der Waals surface area contributed by atoms with Crippen LogP contribution < -0.4 is 10.2 Å². The molecule has 0 saturated heterocycles. The molecule has 3 aromatic rings. The van der Waals surface area contributed by atoms with E-state index in [1.807, 2.05) is 30.7 Å². The fourth-order valence-electron chi connectivity index (χ4n) is 2.30. The van der Waals surface area contributed by atoms with Crippen LogP contribution >= 0.6 is 0 Å². The van der Waals surface area contributed by atoms with Gasteiger partial charge in [0.15, 0.2) is 5.82 Å². The largest absolute Gasteiger partial charge is 0.478 e. The zero-order valence-corrected chi connectivity index (χ0v) is 15.0. The van der Waals surface area contributed by atoms with Gasteiger partial charge in [-0.2, -0.15) is 5.10 Å². The molecule has 0 aliphatic rings. The highest BCUT2D eigenvalue weighted by molar-refractivity contribution is 5.93. The van der Waals surface area contributed by atoms with Gasteiger partial charge >= 0.3 is 0 Å². The highest BCUT2D eigenvalue weighted by Gasteiger charge is 2.10. The van der Waals surface area contributed by atoms with Crippen LogP contribution in [0.15, 0.2) is 48.2 Å². The topological polar surface area (TPSA) is 107 Å². The molecule has 0 atom stereocenters. The van der Waals surface area contributed by atoms with Gasteiger partial charge in [-0.3, -0.25) is 9.78 Å². The minimum atomic E-state index is -0.464. The molecule has 3 heterocycles. The molecule has 3 aromatic heterocycles. The predicted molar refractivity (Wildman–Crippen MR) is 99.4 cm³/mol. The molecule has 138 valence electrons. The Morgan fingerprint density at radius 3 is 2.89 bits per heavy atom. The minimum absolute atomic E-state index is 0.150. The van der Waals surface area contributed by atoms with Crippen LogP contribution in [-0.2, 0) is 6.54 Å². The molecule has 0 bridgehead atoms. The zero-order chi connectivity index (χ0) is 19.1. The van der Waals surface area contributed by atoms with Gasteiger partial charge in [-0.25, -0.2) is 20.4 Å². The van der Waals surface area contributed by atoms with Gasteiger partial charge in [0.2, 0.25) is 5.88 Å². The maximum atomic E-state index is 12.3. The molecule has 9 heteroatoms. The minimum Gasteiger partial charge on any atom is -0.478 e. The Balaban J connectivity index is 1.70. The van der Waals surface area contributed by atoms with E-state index in [0.29, 0.717) is 24.0 Å². The molecule has 1 amide bonds. The van der Waals surface area contributed by atoms with E-state index in [1.54, 1.807) is 24.7 Å². The van der Waals surface area contributed by atoms with Crippen LogP contribution in [0.3, 0.4) is 0 Å². The van der Waals surface area contributed by atoms with E-state index >= 15 is 0 Å². The number of aryl methyl sites for hydroxylation is 1. The number of pyridine rings is 1. The van der Waals surface area contributed by atoms with E-state index < -0.39 is 5.91 Å². The van der Waals surface area contributed by atoms with Crippen molar-refractivity contribution < 1.29 is 9.53 Å². The van der Waals surface area contributed by atoms with Crippen molar-refractivity contribution in [2.45, 2.75) is 20.4 Å². The van der Waals surface area contributed by atoms with Crippen molar-refractivity contribution in [2.75, 3.05) is 6.61 Å². The Kier molecular flexibility index (Phi) is 5.83. The van der Waals surface area contributed by atoms with Gasteiger partial charge < -0.3 is 9.30 Å². The summed E-state index contributed by atoms with van der Waals surface area (Å²) in [4.78, 5) is 29.0. The zero-order valence-electron chi connectivity index (χ0n) is 15.0. The summed E-state index contributed by atoms with van der Waals surface area (Å²) in [6, 6.07) is 3.56. The number of carbonyl (C=O) groups is 1. The third-order valence-corrected chi connectivity index (χ3v) is 3.63. The van der Waals surface area contributed by atoms with Crippen LogP contribution in [0.1, 0.15) is 30.2 Å². The number of aromatic nitrogens is 5. The lowest BCUT2D eigenvalue weighted by molar-refractivity contribution is 0.0950. The number of hydrazone groups is 1. The van der Waals surface area contributed by atoms with Crippen LogP contribution in [0.25, 0.3) is 11.3 Å². The summed E-state index contributed by atoms with van der Waals surface area (Å²) in [6.07, 6.45) is 9.56. The maximum Gasteiger partial charge on any atom is 0.291 e. The molecule has 27 heavy (non-hydrogen) atoms. The quantitative estimate of drug-likeness (QED) is 0.506. The first-order chi connectivity index (χ1) is 13.2. The van der Waals surface area contributed by atoms with Crippen LogP contribution in [0, 0.1) is 0 Å². The molecule has 0 spiro atoms. The summed E-state index contributed by atoms with van der Waals surface area (Å²) in [6.45, 7) is 5.19. The fraction of sp³-hybridized carbons (Fsp3) is 0.222. The number of rotatable bonds is 7. The van der Waals surface area contributed by atoms with Gasteiger partial charge in [-0.05, 0) is 19.9 Å². The number of imidazole rings is 1. The lowest BCUT2D eigenvalue weighted by Crippen LogP contribution is -2.20. The molecule has 0 radical (unpaired) electrons. The Morgan fingerprint density at radius 1 is 1.26 bits per heavy atom. The van der Waals surface area contributed by atoms with E-state index in [4.69, 9.17) is 4.74 Å². The van der Waals surface area contributed by atoms with E-state index in [1.165, 1.54) is 12.4 Å². The third kappa shape index (κ3) is 4.51. The molecule has 0 aromatic carbocycles. The van der Waals surface area contributed by atoms with Gasteiger partial charge in [0, 0.05) is 36.8 Å². The summed E-state index contributed by atoms with van der Waals surface area (Å²) in [5.74, 6) is 0.718.